The number of carbonyl (C=O) groups is 1. The van der Waals surface area contributed by atoms with E-state index < -0.39 is 0 Å². The van der Waals surface area contributed by atoms with E-state index in [-0.39, 0.29) is 11.4 Å². The molecule has 1 aromatic rings. The van der Waals surface area contributed by atoms with Gasteiger partial charge in [-0.2, -0.15) is 0 Å². The first kappa shape index (κ1) is 12.8. The van der Waals surface area contributed by atoms with Gasteiger partial charge >= 0.3 is 0 Å². The van der Waals surface area contributed by atoms with Crippen LogP contribution in [0.1, 0.15) is 26.3 Å². The second-order valence-electron chi connectivity index (χ2n) is 4.98. The third-order valence-electron chi connectivity index (χ3n) is 2.20. The Labute approximate surface area is 96.6 Å². The molecular formula is C12H20N2O2. The van der Waals surface area contributed by atoms with E-state index in [1.54, 1.807) is 24.5 Å². The third-order valence-corrected chi connectivity index (χ3v) is 2.20. The molecule has 0 bridgehead atoms. The Morgan fingerprint density at radius 3 is 2.69 bits per heavy atom. The molecule has 0 aliphatic heterocycles. The van der Waals surface area contributed by atoms with E-state index in [1.165, 1.54) is 0 Å². The Kier molecular flexibility index (Phi) is 4.12. The molecule has 1 amide bonds. The van der Waals surface area contributed by atoms with Crippen LogP contribution < -0.4 is 5.32 Å². The summed E-state index contributed by atoms with van der Waals surface area (Å²) >= 11 is 0. The molecule has 0 saturated heterocycles. The van der Waals surface area contributed by atoms with E-state index in [1.807, 2.05) is 26.8 Å². The van der Waals surface area contributed by atoms with Gasteiger partial charge in [-0.25, -0.2) is 0 Å². The van der Waals surface area contributed by atoms with Crippen LogP contribution in [0.4, 0.5) is 0 Å². The van der Waals surface area contributed by atoms with Gasteiger partial charge in [0.1, 0.15) is 0 Å². The predicted octanol–water partition coefficient (Wildman–Crippen LogP) is 1.63. The van der Waals surface area contributed by atoms with Crippen LogP contribution in [0.5, 0.6) is 0 Å². The maximum atomic E-state index is 11.7. The first-order valence-corrected chi connectivity index (χ1v) is 5.38. The number of nitrogens with one attached hydrogen (secondary N) is 1. The molecule has 4 nitrogen and oxygen atoms in total. The molecule has 16 heavy (non-hydrogen) atoms. The number of hydrogen-bond acceptors (Lipinski definition) is 3. The highest BCUT2D eigenvalue weighted by Gasteiger charge is 2.14. The van der Waals surface area contributed by atoms with Crippen molar-refractivity contribution in [1.82, 2.24) is 10.2 Å². The molecule has 1 rings (SSSR count). The fourth-order valence-electron chi connectivity index (χ4n) is 1.22. The van der Waals surface area contributed by atoms with Crippen molar-refractivity contribution >= 4 is 5.91 Å². The molecule has 0 atom stereocenters. The molecular weight excluding hydrogens is 204 g/mol. The highest BCUT2D eigenvalue weighted by atomic mass is 16.3. The van der Waals surface area contributed by atoms with E-state index in [9.17, 15) is 4.79 Å². The number of furan rings is 1. The minimum atomic E-state index is -0.0356. The molecule has 1 N–H and O–H groups in total. The zero-order valence-corrected chi connectivity index (χ0v) is 10.4. The van der Waals surface area contributed by atoms with Gasteiger partial charge in [0.2, 0.25) is 5.91 Å². The molecule has 0 unspecified atom stereocenters. The van der Waals surface area contributed by atoms with E-state index in [2.05, 4.69) is 5.32 Å². The number of amides is 1. The lowest BCUT2D eigenvalue weighted by atomic mass is 10.1. The van der Waals surface area contributed by atoms with Crippen molar-refractivity contribution in [3.63, 3.8) is 0 Å². The molecule has 0 aliphatic rings. The summed E-state index contributed by atoms with van der Waals surface area (Å²) < 4.78 is 4.96. The Hall–Kier alpha value is -1.29. The number of likely N-dealkylation sites (N-methyl/N-ethyl adjacent to an activating group) is 1. The second kappa shape index (κ2) is 5.16. The number of hydrogen-bond donors (Lipinski definition) is 1. The minimum absolute atomic E-state index is 0.0356. The standard InChI is InChI=1S/C12H20N2O2/c1-12(2,3)13-7-11(15)14(4)8-10-5-6-16-9-10/h5-6,9,13H,7-8H2,1-4H3. The van der Waals surface area contributed by atoms with Gasteiger partial charge in [-0.1, -0.05) is 0 Å². The minimum Gasteiger partial charge on any atom is -0.472 e. The van der Waals surface area contributed by atoms with Crippen LogP contribution in [-0.2, 0) is 11.3 Å². The average molecular weight is 224 g/mol. The monoisotopic (exact) mass is 224 g/mol. The van der Waals surface area contributed by atoms with Crippen LogP contribution in [0.3, 0.4) is 0 Å². The van der Waals surface area contributed by atoms with Crippen LogP contribution in [0, 0.1) is 0 Å². The zero-order valence-electron chi connectivity index (χ0n) is 10.4. The fraction of sp³-hybridized carbons (Fsp3) is 0.583. The molecule has 0 aromatic carbocycles. The van der Waals surface area contributed by atoms with Crippen molar-refractivity contribution in [3.8, 4) is 0 Å². The predicted molar refractivity (Wildman–Crippen MR) is 62.9 cm³/mol. The number of carbonyl (C=O) groups excluding carboxylic acids is 1. The first-order valence-electron chi connectivity index (χ1n) is 5.38. The Bertz CT molecular complexity index is 325. The molecule has 4 heteroatoms. The molecule has 0 spiro atoms. The maximum Gasteiger partial charge on any atom is 0.236 e. The van der Waals surface area contributed by atoms with E-state index in [0.717, 1.165) is 5.56 Å². The zero-order chi connectivity index (χ0) is 12.2. The quantitative estimate of drug-likeness (QED) is 0.845. The van der Waals surface area contributed by atoms with Gasteiger partial charge in [0.25, 0.3) is 0 Å². The SMILES string of the molecule is CN(Cc1ccoc1)C(=O)CNC(C)(C)C. The molecule has 90 valence electrons. The summed E-state index contributed by atoms with van der Waals surface area (Å²) in [5.41, 5.74) is 0.971. The van der Waals surface area contributed by atoms with Gasteiger partial charge in [0, 0.05) is 24.7 Å². The summed E-state index contributed by atoms with van der Waals surface area (Å²) in [5.74, 6) is 0.0797. The van der Waals surface area contributed by atoms with Crippen LogP contribution >= 0.6 is 0 Å². The van der Waals surface area contributed by atoms with Gasteiger partial charge < -0.3 is 14.6 Å². The van der Waals surface area contributed by atoms with E-state index in [0.29, 0.717) is 13.1 Å². The second-order valence-corrected chi connectivity index (χ2v) is 4.98. The van der Waals surface area contributed by atoms with Crippen molar-refractivity contribution in [2.75, 3.05) is 13.6 Å². The van der Waals surface area contributed by atoms with Crippen molar-refractivity contribution in [1.29, 1.82) is 0 Å². The van der Waals surface area contributed by atoms with Gasteiger partial charge in [0.05, 0.1) is 19.1 Å². The molecule has 1 heterocycles. The van der Waals surface area contributed by atoms with Crippen LogP contribution in [0.15, 0.2) is 23.0 Å². The van der Waals surface area contributed by atoms with Gasteiger partial charge in [-0.05, 0) is 26.8 Å². The Morgan fingerprint density at radius 1 is 1.50 bits per heavy atom. The Morgan fingerprint density at radius 2 is 2.19 bits per heavy atom. The fourth-order valence-corrected chi connectivity index (χ4v) is 1.22. The first-order chi connectivity index (χ1) is 7.38. The smallest absolute Gasteiger partial charge is 0.236 e. The van der Waals surface area contributed by atoms with Crippen molar-refractivity contribution in [2.45, 2.75) is 32.9 Å². The van der Waals surface area contributed by atoms with Crippen molar-refractivity contribution in [2.24, 2.45) is 0 Å². The summed E-state index contributed by atoms with van der Waals surface area (Å²) in [7, 11) is 1.79. The van der Waals surface area contributed by atoms with Gasteiger partial charge in [0.15, 0.2) is 0 Å². The number of rotatable bonds is 4. The van der Waals surface area contributed by atoms with Crippen molar-refractivity contribution < 1.29 is 9.21 Å². The summed E-state index contributed by atoms with van der Waals surface area (Å²) in [5, 5.41) is 3.17. The third kappa shape index (κ3) is 4.49. The highest BCUT2D eigenvalue weighted by Crippen LogP contribution is 2.04. The summed E-state index contributed by atoms with van der Waals surface area (Å²) in [6.45, 7) is 7.06. The molecule has 1 aromatic heterocycles. The van der Waals surface area contributed by atoms with Crippen LogP contribution in [-0.4, -0.2) is 29.9 Å². The number of nitrogens with zero attached hydrogens (tertiary/aromatic N) is 1. The lowest BCUT2D eigenvalue weighted by Gasteiger charge is -2.23. The summed E-state index contributed by atoms with van der Waals surface area (Å²) in [6.07, 6.45) is 3.27. The van der Waals surface area contributed by atoms with Gasteiger partial charge in [-0.3, -0.25) is 4.79 Å². The lowest BCUT2D eigenvalue weighted by molar-refractivity contribution is -0.129. The summed E-state index contributed by atoms with van der Waals surface area (Å²) in [6, 6.07) is 1.86. The van der Waals surface area contributed by atoms with Crippen LogP contribution in [0.25, 0.3) is 0 Å². The molecule has 0 saturated carbocycles. The molecule has 0 fully saturated rings. The van der Waals surface area contributed by atoms with Gasteiger partial charge in [-0.15, -0.1) is 0 Å². The normalized spacial score (nSPS) is 11.5. The molecule has 0 aliphatic carbocycles. The topological polar surface area (TPSA) is 45.5 Å². The maximum absolute atomic E-state index is 11.7. The van der Waals surface area contributed by atoms with E-state index in [4.69, 9.17) is 4.42 Å². The van der Waals surface area contributed by atoms with Crippen LogP contribution in [0.2, 0.25) is 0 Å². The van der Waals surface area contributed by atoms with Crippen molar-refractivity contribution in [3.05, 3.63) is 24.2 Å². The molecule has 0 radical (unpaired) electrons. The largest absolute Gasteiger partial charge is 0.472 e. The highest BCUT2D eigenvalue weighted by molar-refractivity contribution is 5.78. The van der Waals surface area contributed by atoms with E-state index >= 15 is 0 Å². The average Bonchev–Trinajstić information content (AvgIpc) is 2.65. The lowest BCUT2D eigenvalue weighted by Crippen LogP contribution is -2.43. The Balaban J connectivity index is 2.37. The summed E-state index contributed by atoms with van der Waals surface area (Å²) in [4.78, 5) is 13.4.